The quantitative estimate of drug-likeness (QED) is 0.588. The fraction of sp³-hybridized carbons (Fsp3) is 0.333. The first-order valence-electron chi connectivity index (χ1n) is 4.89. The zero-order valence-corrected chi connectivity index (χ0v) is 9.90. The summed E-state index contributed by atoms with van der Waals surface area (Å²) < 4.78 is 21.3. The number of amides is 1. The number of nitrogens with zero attached hydrogens (tertiary/aromatic N) is 1. The average Bonchev–Trinajstić information content (AvgIpc) is 2.23. The predicted octanol–water partition coefficient (Wildman–Crippen LogP) is -0.928. The van der Waals surface area contributed by atoms with Gasteiger partial charge in [-0.2, -0.15) is 0 Å². The Morgan fingerprint density at radius 3 is 2.76 bits per heavy atom. The van der Waals surface area contributed by atoms with Gasteiger partial charge in [0.25, 0.3) is 5.91 Å². The van der Waals surface area contributed by atoms with Crippen LogP contribution in [0.3, 0.4) is 0 Å². The van der Waals surface area contributed by atoms with Gasteiger partial charge in [0.1, 0.15) is 5.82 Å². The minimum Gasteiger partial charge on any atom is -0.383 e. The minimum atomic E-state index is -3.48. The van der Waals surface area contributed by atoms with Gasteiger partial charge in [-0.05, 0) is 18.6 Å². The van der Waals surface area contributed by atoms with Crippen molar-refractivity contribution in [1.82, 2.24) is 10.3 Å². The number of nitrogens with two attached hydrogens (primary N) is 2. The van der Waals surface area contributed by atoms with Crippen molar-refractivity contribution in [3.8, 4) is 0 Å². The van der Waals surface area contributed by atoms with Gasteiger partial charge < -0.3 is 11.1 Å². The molecule has 0 aromatic carbocycles. The van der Waals surface area contributed by atoms with Crippen LogP contribution in [0.2, 0.25) is 0 Å². The lowest BCUT2D eigenvalue weighted by atomic mass is 10.2. The molecule has 0 unspecified atom stereocenters. The van der Waals surface area contributed by atoms with Crippen LogP contribution in [-0.4, -0.2) is 31.6 Å². The molecular formula is C9H14N4O3S. The number of nitrogen functional groups attached to an aromatic ring is 1. The number of primary sulfonamides is 1. The van der Waals surface area contributed by atoms with E-state index in [1.54, 1.807) is 6.07 Å². The van der Waals surface area contributed by atoms with E-state index in [4.69, 9.17) is 10.9 Å². The molecule has 1 heterocycles. The molecule has 0 saturated carbocycles. The molecule has 0 aliphatic rings. The monoisotopic (exact) mass is 258 g/mol. The molecule has 8 heteroatoms. The highest BCUT2D eigenvalue weighted by molar-refractivity contribution is 7.89. The number of aromatic nitrogens is 1. The normalized spacial score (nSPS) is 11.1. The van der Waals surface area contributed by atoms with Crippen LogP contribution in [0.15, 0.2) is 18.3 Å². The predicted molar refractivity (Wildman–Crippen MR) is 63.6 cm³/mol. The van der Waals surface area contributed by atoms with Crippen LogP contribution in [0.25, 0.3) is 0 Å². The maximum Gasteiger partial charge on any atom is 0.255 e. The molecule has 17 heavy (non-hydrogen) atoms. The SMILES string of the molecule is Nc1ncccc1C(=O)NCCCS(N)(=O)=O. The Morgan fingerprint density at radius 2 is 2.18 bits per heavy atom. The number of hydrogen-bond acceptors (Lipinski definition) is 5. The fourth-order valence-corrected chi connectivity index (χ4v) is 1.73. The largest absolute Gasteiger partial charge is 0.383 e. The molecule has 0 fully saturated rings. The summed E-state index contributed by atoms with van der Waals surface area (Å²) in [7, 11) is -3.48. The molecule has 1 aromatic rings. The summed E-state index contributed by atoms with van der Waals surface area (Å²) in [5.41, 5.74) is 5.77. The van der Waals surface area contributed by atoms with Gasteiger partial charge in [0.05, 0.1) is 11.3 Å². The molecule has 0 bridgehead atoms. The molecule has 5 N–H and O–H groups in total. The van der Waals surface area contributed by atoms with E-state index in [1.165, 1.54) is 12.3 Å². The van der Waals surface area contributed by atoms with Crippen LogP contribution in [0.1, 0.15) is 16.8 Å². The smallest absolute Gasteiger partial charge is 0.255 e. The van der Waals surface area contributed by atoms with Crippen molar-refractivity contribution in [2.24, 2.45) is 5.14 Å². The van der Waals surface area contributed by atoms with Crippen LogP contribution in [0.5, 0.6) is 0 Å². The van der Waals surface area contributed by atoms with Gasteiger partial charge in [0.2, 0.25) is 10.0 Å². The van der Waals surface area contributed by atoms with E-state index >= 15 is 0 Å². The van der Waals surface area contributed by atoms with Crippen LogP contribution in [0.4, 0.5) is 5.82 Å². The topological polar surface area (TPSA) is 128 Å². The van der Waals surface area contributed by atoms with Gasteiger partial charge in [-0.15, -0.1) is 0 Å². The van der Waals surface area contributed by atoms with Gasteiger partial charge in [0, 0.05) is 12.7 Å². The molecule has 0 saturated heterocycles. The highest BCUT2D eigenvalue weighted by Crippen LogP contribution is 2.05. The first-order valence-corrected chi connectivity index (χ1v) is 6.61. The van der Waals surface area contributed by atoms with E-state index in [-0.39, 0.29) is 36.0 Å². The number of nitrogens with one attached hydrogen (secondary N) is 1. The lowest BCUT2D eigenvalue weighted by Crippen LogP contribution is -2.28. The average molecular weight is 258 g/mol. The van der Waals surface area contributed by atoms with Crippen molar-refractivity contribution in [3.05, 3.63) is 23.9 Å². The van der Waals surface area contributed by atoms with E-state index in [9.17, 15) is 13.2 Å². The molecule has 0 aliphatic heterocycles. The van der Waals surface area contributed by atoms with Crippen molar-refractivity contribution in [3.63, 3.8) is 0 Å². The van der Waals surface area contributed by atoms with Crippen LogP contribution in [0, 0.1) is 0 Å². The summed E-state index contributed by atoms with van der Waals surface area (Å²) >= 11 is 0. The Hall–Kier alpha value is -1.67. The van der Waals surface area contributed by atoms with Crippen molar-refractivity contribution in [2.75, 3.05) is 18.0 Å². The molecule has 7 nitrogen and oxygen atoms in total. The zero-order valence-electron chi connectivity index (χ0n) is 9.09. The van der Waals surface area contributed by atoms with Crippen LogP contribution >= 0.6 is 0 Å². The number of rotatable bonds is 5. The van der Waals surface area contributed by atoms with Gasteiger partial charge in [0.15, 0.2) is 0 Å². The second-order valence-corrected chi connectivity index (χ2v) is 5.15. The van der Waals surface area contributed by atoms with E-state index in [1.807, 2.05) is 0 Å². The minimum absolute atomic E-state index is 0.136. The molecule has 1 aromatic heterocycles. The highest BCUT2D eigenvalue weighted by Gasteiger charge is 2.09. The molecular weight excluding hydrogens is 244 g/mol. The number of sulfonamides is 1. The Kier molecular flexibility index (Phi) is 4.41. The molecule has 0 aliphatic carbocycles. The second-order valence-electron chi connectivity index (χ2n) is 3.41. The third-order valence-electron chi connectivity index (χ3n) is 1.97. The third-order valence-corrected chi connectivity index (χ3v) is 2.83. The summed E-state index contributed by atoms with van der Waals surface area (Å²) in [6.07, 6.45) is 1.73. The number of carbonyl (C=O) groups excluding carboxylic acids is 1. The van der Waals surface area contributed by atoms with Crippen molar-refractivity contribution in [1.29, 1.82) is 0 Å². The Balaban J connectivity index is 2.44. The second kappa shape index (κ2) is 5.60. The molecule has 0 radical (unpaired) electrons. The molecule has 1 rings (SSSR count). The summed E-state index contributed by atoms with van der Waals surface area (Å²) in [6, 6.07) is 3.13. The summed E-state index contributed by atoms with van der Waals surface area (Å²) in [5, 5.41) is 7.35. The molecule has 94 valence electrons. The van der Waals surface area contributed by atoms with Gasteiger partial charge in [-0.1, -0.05) is 0 Å². The summed E-state index contributed by atoms with van der Waals surface area (Å²) in [6.45, 7) is 0.212. The Bertz CT molecular complexity index is 501. The molecule has 0 spiro atoms. The number of hydrogen-bond donors (Lipinski definition) is 3. The lowest BCUT2D eigenvalue weighted by Gasteiger charge is -2.05. The number of carbonyl (C=O) groups is 1. The third kappa shape index (κ3) is 4.79. The standard InChI is InChI=1S/C9H14N4O3S/c10-8-7(3-1-4-12-8)9(14)13-5-2-6-17(11,15)16/h1,3-4H,2,5-6H2,(H2,10,12)(H,13,14)(H2,11,15,16). The van der Waals surface area contributed by atoms with E-state index in [0.717, 1.165) is 0 Å². The summed E-state index contributed by atoms with van der Waals surface area (Å²) in [5.74, 6) is -0.419. The van der Waals surface area contributed by atoms with Gasteiger partial charge in [-0.25, -0.2) is 18.5 Å². The lowest BCUT2D eigenvalue weighted by molar-refractivity contribution is 0.0954. The van der Waals surface area contributed by atoms with Crippen molar-refractivity contribution in [2.45, 2.75) is 6.42 Å². The van der Waals surface area contributed by atoms with E-state index in [2.05, 4.69) is 10.3 Å². The van der Waals surface area contributed by atoms with Crippen molar-refractivity contribution >= 4 is 21.7 Å². The zero-order chi connectivity index (χ0) is 12.9. The Labute approximate surface area is 99.3 Å². The molecule has 1 amide bonds. The van der Waals surface area contributed by atoms with E-state index < -0.39 is 10.0 Å². The summed E-state index contributed by atoms with van der Waals surface area (Å²) in [4.78, 5) is 15.3. The van der Waals surface area contributed by atoms with Gasteiger partial charge in [-0.3, -0.25) is 4.79 Å². The maximum atomic E-state index is 11.6. The number of anilines is 1. The first-order chi connectivity index (χ1) is 7.90. The van der Waals surface area contributed by atoms with E-state index in [0.29, 0.717) is 0 Å². The maximum absolute atomic E-state index is 11.6. The first kappa shape index (κ1) is 13.4. The Morgan fingerprint density at radius 1 is 1.47 bits per heavy atom. The van der Waals surface area contributed by atoms with Crippen LogP contribution in [-0.2, 0) is 10.0 Å². The molecule has 0 atom stereocenters. The fourth-order valence-electron chi connectivity index (χ4n) is 1.18. The van der Waals surface area contributed by atoms with Crippen molar-refractivity contribution < 1.29 is 13.2 Å². The highest BCUT2D eigenvalue weighted by atomic mass is 32.2. The van der Waals surface area contributed by atoms with Crippen LogP contribution < -0.4 is 16.2 Å². The number of pyridine rings is 1. The van der Waals surface area contributed by atoms with Gasteiger partial charge >= 0.3 is 0 Å².